The number of aliphatic hydroxyl groups is 1. The van der Waals surface area contributed by atoms with Crippen LogP contribution in [0.25, 0.3) is 11.8 Å². The normalized spacial score (nSPS) is 15.9. The average molecular weight is 544 g/mol. The lowest BCUT2D eigenvalue weighted by Gasteiger charge is -2.32. The summed E-state index contributed by atoms with van der Waals surface area (Å²) in [7, 11) is 0. The fourth-order valence-electron chi connectivity index (χ4n) is 4.23. The van der Waals surface area contributed by atoms with E-state index < -0.39 is 34.8 Å². The SMILES string of the molecule is Cc1c(/C=C(\C#N)C(=O)N2CCOCC2)cc(C(C)(C)C)n1-c1ccc(C(O)(C(F)(F)F)C(F)(F)F)cc1. The Kier molecular flexibility index (Phi) is 7.78. The van der Waals surface area contributed by atoms with E-state index in [1.54, 1.807) is 17.6 Å². The van der Waals surface area contributed by atoms with E-state index in [2.05, 4.69) is 0 Å². The summed E-state index contributed by atoms with van der Waals surface area (Å²) in [5.74, 6) is -0.469. The van der Waals surface area contributed by atoms with E-state index in [4.69, 9.17) is 4.74 Å². The highest BCUT2D eigenvalue weighted by molar-refractivity contribution is 6.02. The first kappa shape index (κ1) is 29.3. The fraction of sp³-hybridized carbons (Fsp3) is 0.462. The molecule has 1 fully saturated rings. The number of morpholine rings is 1. The van der Waals surface area contributed by atoms with Crippen molar-refractivity contribution in [3.63, 3.8) is 0 Å². The van der Waals surface area contributed by atoms with Crippen molar-refractivity contribution < 1.29 is 41.0 Å². The zero-order valence-electron chi connectivity index (χ0n) is 21.2. The van der Waals surface area contributed by atoms with E-state index in [0.717, 1.165) is 12.1 Å². The maximum Gasteiger partial charge on any atom is 0.430 e. The van der Waals surface area contributed by atoms with Gasteiger partial charge in [0.05, 0.1) is 13.2 Å². The minimum absolute atomic E-state index is 0.122. The van der Waals surface area contributed by atoms with Crippen molar-refractivity contribution >= 4 is 12.0 Å². The van der Waals surface area contributed by atoms with Gasteiger partial charge < -0.3 is 19.3 Å². The zero-order chi connectivity index (χ0) is 28.7. The van der Waals surface area contributed by atoms with Crippen molar-refractivity contribution in [1.82, 2.24) is 9.47 Å². The average Bonchev–Trinajstić information content (AvgIpc) is 3.17. The summed E-state index contributed by atoms with van der Waals surface area (Å²) in [4.78, 5) is 14.4. The number of rotatable bonds is 4. The monoisotopic (exact) mass is 543 g/mol. The topological polar surface area (TPSA) is 78.5 Å². The molecule has 6 nitrogen and oxygen atoms in total. The van der Waals surface area contributed by atoms with Crippen LogP contribution in [0.5, 0.6) is 0 Å². The summed E-state index contributed by atoms with van der Waals surface area (Å²) >= 11 is 0. The Morgan fingerprint density at radius 2 is 1.55 bits per heavy atom. The predicted octanol–water partition coefficient (Wildman–Crippen LogP) is 5.16. The molecule has 12 heteroatoms. The number of carbonyl (C=O) groups is 1. The third-order valence-corrected chi connectivity index (χ3v) is 6.37. The van der Waals surface area contributed by atoms with Crippen molar-refractivity contribution in [2.24, 2.45) is 0 Å². The molecule has 0 radical (unpaired) electrons. The molecule has 1 aromatic heterocycles. The van der Waals surface area contributed by atoms with Crippen LogP contribution in [-0.2, 0) is 20.5 Å². The lowest BCUT2D eigenvalue weighted by molar-refractivity contribution is -0.376. The van der Waals surface area contributed by atoms with Gasteiger partial charge in [0.1, 0.15) is 11.6 Å². The summed E-state index contributed by atoms with van der Waals surface area (Å²) in [6.07, 6.45) is -10.6. The first-order valence-corrected chi connectivity index (χ1v) is 11.6. The molecule has 0 unspecified atom stereocenters. The van der Waals surface area contributed by atoms with E-state index in [-0.39, 0.29) is 11.3 Å². The molecule has 1 aliphatic heterocycles. The lowest BCUT2D eigenvalue weighted by atomic mass is 9.91. The minimum Gasteiger partial charge on any atom is -0.378 e. The largest absolute Gasteiger partial charge is 0.430 e. The molecule has 2 heterocycles. The third-order valence-electron chi connectivity index (χ3n) is 6.37. The Bertz CT molecular complexity index is 1240. The lowest BCUT2D eigenvalue weighted by Crippen LogP contribution is -2.53. The molecule has 3 rings (SSSR count). The number of halogens is 6. The van der Waals surface area contributed by atoms with Crippen LogP contribution in [0.3, 0.4) is 0 Å². The number of amides is 1. The van der Waals surface area contributed by atoms with Gasteiger partial charge in [0, 0.05) is 41.1 Å². The van der Waals surface area contributed by atoms with Gasteiger partial charge in [0.2, 0.25) is 0 Å². The number of carbonyl (C=O) groups excluding carboxylic acids is 1. The van der Waals surface area contributed by atoms with Crippen molar-refractivity contribution in [2.75, 3.05) is 26.3 Å². The molecule has 206 valence electrons. The third kappa shape index (κ3) is 5.31. The number of ether oxygens (including phenoxy) is 1. The van der Waals surface area contributed by atoms with Crippen LogP contribution in [0.15, 0.2) is 35.9 Å². The quantitative estimate of drug-likeness (QED) is 0.328. The first-order valence-electron chi connectivity index (χ1n) is 11.6. The molecule has 38 heavy (non-hydrogen) atoms. The molecule has 0 bridgehead atoms. The summed E-state index contributed by atoms with van der Waals surface area (Å²) < 4.78 is 86.7. The highest BCUT2D eigenvalue weighted by atomic mass is 19.4. The molecule has 1 aliphatic rings. The summed E-state index contributed by atoms with van der Waals surface area (Å²) in [6.45, 7) is 8.59. The van der Waals surface area contributed by atoms with Gasteiger partial charge in [0.15, 0.2) is 0 Å². The van der Waals surface area contributed by atoms with Gasteiger partial charge in [-0.15, -0.1) is 0 Å². The fourth-order valence-corrected chi connectivity index (χ4v) is 4.23. The maximum absolute atomic E-state index is 13.3. The van der Waals surface area contributed by atoms with Gasteiger partial charge in [-0.3, -0.25) is 4.79 Å². The molecule has 0 atom stereocenters. The second-order valence-electron chi connectivity index (χ2n) is 9.98. The van der Waals surface area contributed by atoms with Crippen LogP contribution in [0.4, 0.5) is 26.3 Å². The second kappa shape index (κ2) is 10.1. The molecule has 0 saturated carbocycles. The van der Waals surface area contributed by atoms with Crippen molar-refractivity contribution in [3.05, 3.63) is 58.4 Å². The van der Waals surface area contributed by atoms with E-state index in [0.29, 0.717) is 55.4 Å². The summed E-state index contributed by atoms with van der Waals surface area (Å²) in [5.41, 5.74) is -5.21. The summed E-state index contributed by atoms with van der Waals surface area (Å²) in [5, 5.41) is 19.4. The van der Waals surface area contributed by atoms with Crippen molar-refractivity contribution in [1.29, 1.82) is 5.26 Å². The Balaban J connectivity index is 2.11. The molecule has 0 spiro atoms. The van der Waals surface area contributed by atoms with Crippen molar-refractivity contribution in [3.8, 4) is 11.8 Å². The second-order valence-corrected chi connectivity index (χ2v) is 9.98. The molecular formula is C26H27F6N3O3. The van der Waals surface area contributed by atoms with Crippen LogP contribution in [0, 0.1) is 18.3 Å². The number of nitriles is 1. The van der Waals surface area contributed by atoms with Crippen LogP contribution in [0.1, 0.15) is 43.3 Å². The van der Waals surface area contributed by atoms with Gasteiger partial charge in [0.25, 0.3) is 11.5 Å². The molecule has 0 aliphatic carbocycles. The molecule has 1 aromatic carbocycles. The molecule has 1 N–H and O–H groups in total. The highest BCUT2D eigenvalue weighted by Crippen LogP contribution is 2.50. The minimum atomic E-state index is -5.99. The molecule has 1 amide bonds. The van der Waals surface area contributed by atoms with E-state index in [1.807, 2.05) is 26.8 Å². The van der Waals surface area contributed by atoms with Crippen LogP contribution >= 0.6 is 0 Å². The van der Waals surface area contributed by atoms with E-state index >= 15 is 0 Å². The van der Waals surface area contributed by atoms with E-state index in [1.165, 1.54) is 11.0 Å². The van der Waals surface area contributed by atoms with Gasteiger partial charge in [-0.1, -0.05) is 32.9 Å². The zero-order valence-corrected chi connectivity index (χ0v) is 21.2. The maximum atomic E-state index is 13.3. The number of hydrogen-bond donors (Lipinski definition) is 1. The highest BCUT2D eigenvalue weighted by Gasteiger charge is 2.71. The Morgan fingerprint density at radius 1 is 1.03 bits per heavy atom. The van der Waals surface area contributed by atoms with Gasteiger partial charge in [-0.25, -0.2) is 0 Å². The Labute approximate surface area is 215 Å². The van der Waals surface area contributed by atoms with Crippen molar-refractivity contribution in [2.45, 2.75) is 51.1 Å². The number of hydrogen-bond acceptors (Lipinski definition) is 4. The molecule has 2 aromatic rings. The number of aromatic nitrogens is 1. The Morgan fingerprint density at radius 3 is 2.00 bits per heavy atom. The number of benzene rings is 1. The first-order chi connectivity index (χ1) is 17.4. The predicted molar refractivity (Wildman–Crippen MR) is 126 cm³/mol. The smallest absolute Gasteiger partial charge is 0.378 e. The van der Waals surface area contributed by atoms with E-state index in [9.17, 15) is 41.5 Å². The molecular weight excluding hydrogens is 516 g/mol. The van der Waals surface area contributed by atoms with Gasteiger partial charge >= 0.3 is 12.4 Å². The van der Waals surface area contributed by atoms with Crippen LogP contribution < -0.4 is 0 Å². The standard InChI is InChI=1S/C26H27F6N3O3/c1-16-17(13-18(15-33)22(36)34-9-11-38-12-10-34)14-21(23(2,3)4)35(16)20-7-5-19(6-8-20)24(37,25(27,28)29)26(30,31)32/h5-8,13-14,37H,9-12H2,1-4H3/b18-13+. The summed E-state index contributed by atoms with van der Waals surface area (Å²) in [6, 6.07) is 6.90. The number of alkyl halides is 6. The Hall–Kier alpha value is -3.30. The van der Waals surface area contributed by atoms with Gasteiger partial charge in [-0.2, -0.15) is 31.6 Å². The molecule has 1 saturated heterocycles. The van der Waals surface area contributed by atoms with Crippen LogP contribution in [-0.4, -0.2) is 59.1 Å². The van der Waals surface area contributed by atoms with Crippen LogP contribution in [0.2, 0.25) is 0 Å². The number of nitrogens with zero attached hydrogens (tertiary/aromatic N) is 3. The van der Waals surface area contributed by atoms with Gasteiger partial charge in [-0.05, 0) is 36.8 Å².